The number of benzene rings is 1. The summed E-state index contributed by atoms with van der Waals surface area (Å²) in [5.74, 6) is 1.22. The molecule has 0 bridgehead atoms. The third-order valence-electron chi connectivity index (χ3n) is 4.87. The van der Waals surface area contributed by atoms with Crippen molar-refractivity contribution in [2.75, 3.05) is 11.1 Å². The van der Waals surface area contributed by atoms with Gasteiger partial charge in [-0.2, -0.15) is 11.8 Å². The lowest BCUT2D eigenvalue weighted by molar-refractivity contribution is -0.0289. The summed E-state index contributed by atoms with van der Waals surface area (Å²) in [7, 11) is 0. The van der Waals surface area contributed by atoms with Crippen LogP contribution < -0.4 is 5.32 Å². The number of aliphatic hydroxyl groups excluding tert-OH is 2. The molecule has 9 heteroatoms. The van der Waals surface area contributed by atoms with Gasteiger partial charge in [0.25, 0.3) is 0 Å². The highest BCUT2D eigenvalue weighted by Crippen LogP contribution is 2.34. The van der Waals surface area contributed by atoms with Crippen LogP contribution in [0.3, 0.4) is 0 Å². The van der Waals surface area contributed by atoms with Gasteiger partial charge in [-0.15, -0.1) is 0 Å². The summed E-state index contributed by atoms with van der Waals surface area (Å²) in [4.78, 5) is 13.1. The van der Waals surface area contributed by atoms with Gasteiger partial charge in [-0.05, 0) is 10.8 Å². The Hall–Kier alpha value is -2.20. The Bertz CT molecular complexity index is 952. The van der Waals surface area contributed by atoms with Crippen LogP contribution in [0.5, 0.6) is 0 Å². The number of aliphatic hydroxyl groups is 2. The van der Waals surface area contributed by atoms with E-state index < -0.39 is 24.5 Å². The topological polar surface area (TPSA) is 105 Å². The molecule has 29 heavy (non-hydrogen) atoms. The SMILES string of the molecule is CC(C)SC[C@H]1O[C@@H](n2cnc3c(NCc4ccccc4)ncnc32)[C@H](O)[C@@H]1O. The number of thioether (sulfide) groups is 1. The Morgan fingerprint density at radius 1 is 1.14 bits per heavy atom. The lowest BCUT2D eigenvalue weighted by Crippen LogP contribution is -2.32. The van der Waals surface area contributed by atoms with Crippen molar-refractivity contribution in [3.8, 4) is 0 Å². The first-order chi connectivity index (χ1) is 14.0. The molecule has 3 N–H and O–H groups in total. The van der Waals surface area contributed by atoms with Gasteiger partial charge < -0.3 is 20.3 Å². The zero-order chi connectivity index (χ0) is 20.4. The van der Waals surface area contributed by atoms with Crippen LogP contribution in [0, 0.1) is 0 Å². The van der Waals surface area contributed by atoms with Crippen LogP contribution in [-0.4, -0.2) is 59.0 Å². The number of rotatable bonds is 7. The van der Waals surface area contributed by atoms with Crippen molar-refractivity contribution in [2.45, 2.75) is 50.2 Å². The molecule has 1 saturated heterocycles. The fourth-order valence-electron chi connectivity index (χ4n) is 3.33. The lowest BCUT2D eigenvalue weighted by atomic mass is 10.1. The first-order valence-electron chi connectivity index (χ1n) is 9.63. The molecule has 0 aliphatic carbocycles. The summed E-state index contributed by atoms with van der Waals surface area (Å²) >= 11 is 1.69. The second kappa shape index (κ2) is 8.66. The Kier molecular flexibility index (Phi) is 6.00. The van der Waals surface area contributed by atoms with Crippen molar-refractivity contribution in [1.82, 2.24) is 19.5 Å². The van der Waals surface area contributed by atoms with Gasteiger partial charge in [-0.1, -0.05) is 44.2 Å². The molecule has 1 aliphatic rings. The standard InChI is InChI=1S/C20H25N5O3S/c1-12(2)29-9-14-16(26)17(27)20(28-14)25-11-24-15-18(22-10-23-19(15)25)21-8-13-6-4-3-5-7-13/h3-7,10-12,14,16-17,20,26-27H,8-9H2,1-2H3,(H,21,22,23)/t14-,16-,17-,20-/m1/s1. The molecule has 1 aliphatic heterocycles. The summed E-state index contributed by atoms with van der Waals surface area (Å²) in [6.07, 6.45) is -0.173. The molecule has 4 atom stereocenters. The van der Waals surface area contributed by atoms with E-state index >= 15 is 0 Å². The average molecular weight is 416 g/mol. The number of fused-ring (bicyclic) bond motifs is 1. The highest BCUT2D eigenvalue weighted by molar-refractivity contribution is 7.99. The lowest BCUT2D eigenvalue weighted by Gasteiger charge is -2.16. The number of nitrogens with one attached hydrogen (secondary N) is 1. The quantitative estimate of drug-likeness (QED) is 0.539. The van der Waals surface area contributed by atoms with Crippen molar-refractivity contribution >= 4 is 28.7 Å². The highest BCUT2D eigenvalue weighted by Gasteiger charge is 2.44. The Morgan fingerprint density at radius 2 is 1.93 bits per heavy atom. The van der Waals surface area contributed by atoms with Crippen LogP contribution in [0.1, 0.15) is 25.6 Å². The van der Waals surface area contributed by atoms with E-state index in [9.17, 15) is 10.2 Å². The van der Waals surface area contributed by atoms with E-state index in [0.29, 0.717) is 34.5 Å². The minimum atomic E-state index is -1.05. The van der Waals surface area contributed by atoms with Gasteiger partial charge in [-0.25, -0.2) is 15.0 Å². The minimum absolute atomic E-state index is 0.419. The summed E-state index contributed by atoms with van der Waals surface area (Å²) in [5, 5.41) is 24.7. The maximum Gasteiger partial charge on any atom is 0.167 e. The monoisotopic (exact) mass is 415 g/mol. The van der Waals surface area contributed by atoms with Gasteiger partial charge in [0.15, 0.2) is 23.2 Å². The van der Waals surface area contributed by atoms with Gasteiger partial charge in [0, 0.05) is 12.3 Å². The number of aromatic nitrogens is 4. The molecule has 154 valence electrons. The van der Waals surface area contributed by atoms with Gasteiger partial charge in [0.05, 0.1) is 12.4 Å². The van der Waals surface area contributed by atoms with E-state index in [0.717, 1.165) is 5.56 Å². The van der Waals surface area contributed by atoms with E-state index in [4.69, 9.17) is 4.74 Å². The fraction of sp³-hybridized carbons (Fsp3) is 0.450. The number of ether oxygens (including phenoxy) is 1. The van der Waals surface area contributed by atoms with Crippen molar-refractivity contribution < 1.29 is 14.9 Å². The van der Waals surface area contributed by atoms with E-state index in [1.165, 1.54) is 6.33 Å². The number of imidazole rings is 1. The van der Waals surface area contributed by atoms with Gasteiger partial charge in [-0.3, -0.25) is 4.57 Å². The van der Waals surface area contributed by atoms with E-state index in [1.54, 1.807) is 22.7 Å². The molecule has 1 aromatic carbocycles. The summed E-state index contributed by atoms with van der Waals surface area (Å²) in [6.45, 7) is 4.78. The van der Waals surface area contributed by atoms with Crippen LogP contribution in [-0.2, 0) is 11.3 Å². The van der Waals surface area contributed by atoms with E-state index in [1.807, 2.05) is 30.3 Å². The number of nitrogens with zero attached hydrogens (tertiary/aromatic N) is 4. The number of hydrogen-bond acceptors (Lipinski definition) is 8. The Morgan fingerprint density at radius 3 is 2.69 bits per heavy atom. The molecule has 3 heterocycles. The smallest absolute Gasteiger partial charge is 0.167 e. The van der Waals surface area contributed by atoms with Gasteiger partial charge >= 0.3 is 0 Å². The summed E-state index contributed by atoms with van der Waals surface area (Å²) in [5.41, 5.74) is 2.26. The van der Waals surface area contributed by atoms with Crippen molar-refractivity contribution in [3.63, 3.8) is 0 Å². The molecule has 8 nitrogen and oxygen atoms in total. The van der Waals surface area contributed by atoms with Crippen molar-refractivity contribution in [2.24, 2.45) is 0 Å². The molecule has 0 saturated carbocycles. The van der Waals surface area contributed by atoms with Crippen molar-refractivity contribution in [1.29, 1.82) is 0 Å². The average Bonchev–Trinajstić information content (AvgIpc) is 3.27. The predicted octanol–water partition coefficient (Wildman–Crippen LogP) is 2.20. The normalized spacial score (nSPS) is 24.4. The molecule has 0 spiro atoms. The third kappa shape index (κ3) is 4.23. The van der Waals surface area contributed by atoms with Gasteiger partial charge in [0.2, 0.25) is 0 Å². The zero-order valence-corrected chi connectivity index (χ0v) is 17.2. The Balaban J connectivity index is 1.54. The van der Waals surface area contributed by atoms with Crippen molar-refractivity contribution in [3.05, 3.63) is 48.5 Å². The molecule has 4 rings (SSSR count). The van der Waals surface area contributed by atoms with Crippen LogP contribution >= 0.6 is 11.8 Å². The molecule has 3 aromatic rings. The molecule has 0 amide bonds. The minimum Gasteiger partial charge on any atom is -0.387 e. The second-order valence-corrected chi connectivity index (χ2v) is 8.92. The Labute approximate surface area is 173 Å². The third-order valence-corrected chi connectivity index (χ3v) is 6.05. The molecular weight excluding hydrogens is 390 g/mol. The maximum absolute atomic E-state index is 10.6. The van der Waals surface area contributed by atoms with Crippen LogP contribution in [0.4, 0.5) is 5.82 Å². The van der Waals surface area contributed by atoms with Gasteiger partial charge in [0.1, 0.15) is 18.5 Å². The zero-order valence-electron chi connectivity index (χ0n) is 16.3. The largest absolute Gasteiger partial charge is 0.387 e. The predicted molar refractivity (Wildman–Crippen MR) is 113 cm³/mol. The summed E-state index contributed by atoms with van der Waals surface area (Å²) < 4.78 is 7.64. The van der Waals surface area contributed by atoms with E-state index in [-0.39, 0.29) is 0 Å². The maximum atomic E-state index is 10.6. The number of hydrogen-bond donors (Lipinski definition) is 3. The fourth-order valence-corrected chi connectivity index (χ4v) is 4.18. The highest BCUT2D eigenvalue weighted by atomic mass is 32.2. The molecule has 1 fully saturated rings. The number of anilines is 1. The molecular formula is C20H25N5O3S. The van der Waals surface area contributed by atoms with Crippen LogP contribution in [0.25, 0.3) is 11.2 Å². The molecule has 0 radical (unpaired) electrons. The van der Waals surface area contributed by atoms with Crippen LogP contribution in [0.15, 0.2) is 43.0 Å². The molecule has 2 aromatic heterocycles. The van der Waals surface area contributed by atoms with Crippen LogP contribution in [0.2, 0.25) is 0 Å². The first kappa shape index (κ1) is 20.1. The van der Waals surface area contributed by atoms with E-state index in [2.05, 4.69) is 34.1 Å². The first-order valence-corrected chi connectivity index (χ1v) is 10.7. The second-order valence-electron chi connectivity index (χ2n) is 7.31. The summed E-state index contributed by atoms with van der Waals surface area (Å²) in [6, 6.07) is 10.0. The molecule has 0 unspecified atom stereocenters.